The minimum atomic E-state index is 0.393. The Morgan fingerprint density at radius 1 is 1.26 bits per heavy atom. The molecule has 0 bridgehead atoms. The number of rotatable bonds is 8. The number of hydrogen-bond donors (Lipinski definition) is 1. The molecule has 0 amide bonds. The van der Waals surface area contributed by atoms with E-state index in [2.05, 4.69) is 72.2 Å². The number of benzene rings is 1. The lowest BCUT2D eigenvalue weighted by atomic mass is 10.1. The van der Waals surface area contributed by atoms with Gasteiger partial charge in [0.1, 0.15) is 0 Å². The molecule has 0 saturated carbocycles. The number of unbranched alkanes of at least 4 members (excludes halogenated alkanes) is 1. The van der Waals surface area contributed by atoms with Crippen LogP contribution in [0.15, 0.2) is 22.7 Å². The predicted molar refractivity (Wildman–Crippen MR) is 89.0 cm³/mol. The summed E-state index contributed by atoms with van der Waals surface area (Å²) in [6, 6.07) is 7.08. The van der Waals surface area contributed by atoms with Crippen LogP contribution in [0.25, 0.3) is 0 Å². The van der Waals surface area contributed by atoms with E-state index in [0.29, 0.717) is 6.04 Å². The first-order valence-corrected chi connectivity index (χ1v) is 8.13. The Morgan fingerprint density at radius 3 is 2.58 bits per heavy atom. The molecule has 2 nitrogen and oxygen atoms in total. The van der Waals surface area contributed by atoms with Crippen molar-refractivity contribution >= 4 is 21.6 Å². The summed E-state index contributed by atoms with van der Waals surface area (Å²) in [4.78, 5) is 2.32. The number of nitrogens with one attached hydrogen (secondary N) is 1. The van der Waals surface area contributed by atoms with Gasteiger partial charge in [-0.2, -0.15) is 0 Å². The van der Waals surface area contributed by atoms with E-state index in [0.717, 1.165) is 13.1 Å². The van der Waals surface area contributed by atoms with Gasteiger partial charge >= 0.3 is 0 Å². The summed E-state index contributed by atoms with van der Waals surface area (Å²) < 4.78 is 1.20. The zero-order valence-corrected chi connectivity index (χ0v) is 14.3. The summed E-state index contributed by atoms with van der Waals surface area (Å²) in [6.45, 7) is 8.82. The fourth-order valence-electron chi connectivity index (χ4n) is 2.10. The maximum Gasteiger partial charge on any atom is 0.0375 e. The highest BCUT2D eigenvalue weighted by atomic mass is 79.9. The normalized spacial score (nSPS) is 12.5. The number of anilines is 1. The molecule has 0 heterocycles. The summed E-state index contributed by atoms with van der Waals surface area (Å²) in [7, 11) is 2.16. The molecule has 1 aromatic rings. The Labute approximate surface area is 126 Å². The van der Waals surface area contributed by atoms with E-state index in [1.807, 2.05) is 0 Å². The molecular formula is C16H27BrN2. The molecule has 1 unspecified atom stereocenters. The topological polar surface area (TPSA) is 15.3 Å². The molecular weight excluding hydrogens is 300 g/mol. The summed E-state index contributed by atoms with van der Waals surface area (Å²) in [5, 5.41) is 3.53. The van der Waals surface area contributed by atoms with Crippen molar-refractivity contribution in [2.24, 2.45) is 0 Å². The third kappa shape index (κ3) is 5.15. The van der Waals surface area contributed by atoms with Crippen LogP contribution in [0.3, 0.4) is 0 Å². The summed E-state index contributed by atoms with van der Waals surface area (Å²) in [6.07, 6.45) is 3.64. The van der Waals surface area contributed by atoms with Crippen molar-refractivity contribution in [1.29, 1.82) is 0 Å². The zero-order chi connectivity index (χ0) is 14.3. The standard InChI is InChI=1S/C16H27BrN2/c1-5-7-11-19(4)14-8-9-15(16(17)12-14)13(3)18-10-6-2/h8-9,12-13,18H,5-7,10-11H2,1-4H3. The first-order valence-electron chi connectivity index (χ1n) is 7.34. The van der Waals surface area contributed by atoms with Gasteiger partial charge in [0.2, 0.25) is 0 Å². The van der Waals surface area contributed by atoms with Crippen molar-refractivity contribution in [3.63, 3.8) is 0 Å². The van der Waals surface area contributed by atoms with Gasteiger partial charge in [-0.1, -0.05) is 42.3 Å². The Bertz CT molecular complexity index is 379. The van der Waals surface area contributed by atoms with Crippen LogP contribution in [0, 0.1) is 0 Å². The Kier molecular flexibility index (Phi) is 7.47. The molecule has 1 aromatic carbocycles. The minimum absolute atomic E-state index is 0.393. The quantitative estimate of drug-likeness (QED) is 0.741. The van der Waals surface area contributed by atoms with Crippen molar-refractivity contribution < 1.29 is 0 Å². The second-order valence-electron chi connectivity index (χ2n) is 5.16. The number of nitrogens with zero attached hydrogens (tertiary/aromatic N) is 1. The van der Waals surface area contributed by atoms with E-state index in [9.17, 15) is 0 Å². The molecule has 0 aliphatic rings. The number of hydrogen-bond acceptors (Lipinski definition) is 2. The number of halogens is 1. The largest absolute Gasteiger partial charge is 0.375 e. The van der Waals surface area contributed by atoms with Gasteiger partial charge < -0.3 is 10.2 Å². The van der Waals surface area contributed by atoms with Crippen LogP contribution in [-0.2, 0) is 0 Å². The van der Waals surface area contributed by atoms with Crippen molar-refractivity contribution in [1.82, 2.24) is 5.32 Å². The first kappa shape index (κ1) is 16.5. The van der Waals surface area contributed by atoms with Gasteiger partial charge in [0.25, 0.3) is 0 Å². The Balaban J connectivity index is 2.73. The maximum absolute atomic E-state index is 3.71. The molecule has 0 aliphatic heterocycles. The van der Waals surface area contributed by atoms with Crippen LogP contribution < -0.4 is 10.2 Å². The molecule has 108 valence electrons. The van der Waals surface area contributed by atoms with Gasteiger partial charge in [-0.05, 0) is 44.0 Å². The highest BCUT2D eigenvalue weighted by Crippen LogP contribution is 2.28. The van der Waals surface area contributed by atoms with Gasteiger partial charge in [0, 0.05) is 29.8 Å². The molecule has 0 aliphatic carbocycles. The lowest BCUT2D eigenvalue weighted by Crippen LogP contribution is -2.21. The molecule has 0 aromatic heterocycles. The SMILES string of the molecule is CCCCN(C)c1ccc(C(C)NCCC)c(Br)c1. The van der Waals surface area contributed by atoms with E-state index >= 15 is 0 Å². The molecule has 0 fully saturated rings. The van der Waals surface area contributed by atoms with E-state index < -0.39 is 0 Å². The highest BCUT2D eigenvalue weighted by molar-refractivity contribution is 9.10. The monoisotopic (exact) mass is 326 g/mol. The molecule has 3 heteroatoms. The Morgan fingerprint density at radius 2 is 2.00 bits per heavy atom. The molecule has 1 atom stereocenters. The Hall–Kier alpha value is -0.540. The van der Waals surface area contributed by atoms with Crippen LogP contribution in [0.4, 0.5) is 5.69 Å². The lowest BCUT2D eigenvalue weighted by molar-refractivity contribution is 0.569. The average molecular weight is 327 g/mol. The van der Waals surface area contributed by atoms with E-state index in [1.165, 1.54) is 35.0 Å². The predicted octanol–water partition coefficient (Wildman–Crippen LogP) is 4.75. The van der Waals surface area contributed by atoms with E-state index in [-0.39, 0.29) is 0 Å². The van der Waals surface area contributed by atoms with Crippen LogP contribution in [-0.4, -0.2) is 20.1 Å². The van der Waals surface area contributed by atoms with Crippen LogP contribution in [0.2, 0.25) is 0 Å². The zero-order valence-electron chi connectivity index (χ0n) is 12.7. The first-order chi connectivity index (χ1) is 9.10. The van der Waals surface area contributed by atoms with Crippen molar-refractivity contribution in [2.75, 3.05) is 25.0 Å². The molecule has 1 rings (SSSR count). The maximum atomic E-state index is 3.71. The van der Waals surface area contributed by atoms with E-state index in [1.54, 1.807) is 0 Å². The van der Waals surface area contributed by atoms with Crippen molar-refractivity contribution in [2.45, 2.75) is 46.1 Å². The lowest BCUT2D eigenvalue weighted by Gasteiger charge is -2.22. The highest BCUT2D eigenvalue weighted by Gasteiger charge is 2.10. The minimum Gasteiger partial charge on any atom is -0.375 e. The van der Waals surface area contributed by atoms with Gasteiger partial charge in [-0.15, -0.1) is 0 Å². The van der Waals surface area contributed by atoms with Gasteiger partial charge in [-0.25, -0.2) is 0 Å². The van der Waals surface area contributed by atoms with Gasteiger partial charge in [0.15, 0.2) is 0 Å². The van der Waals surface area contributed by atoms with Crippen LogP contribution in [0.1, 0.15) is 51.6 Å². The third-order valence-corrected chi connectivity index (χ3v) is 4.13. The smallest absolute Gasteiger partial charge is 0.0375 e. The van der Waals surface area contributed by atoms with Gasteiger partial charge in [0.05, 0.1) is 0 Å². The third-order valence-electron chi connectivity index (χ3n) is 3.44. The summed E-state index contributed by atoms with van der Waals surface area (Å²) >= 11 is 3.71. The van der Waals surface area contributed by atoms with Crippen molar-refractivity contribution in [3.05, 3.63) is 28.2 Å². The average Bonchev–Trinajstić information content (AvgIpc) is 2.41. The van der Waals surface area contributed by atoms with Gasteiger partial charge in [-0.3, -0.25) is 0 Å². The molecule has 1 N–H and O–H groups in total. The molecule has 0 saturated heterocycles. The summed E-state index contributed by atoms with van der Waals surface area (Å²) in [5.41, 5.74) is 2.62. The second kappa shape index (κ2) is 8.60. The van der Waals surface area contributed by atoms with Crippen LogP contribution >= 0.6 is 15.9 Å². The fraction of sp³-hybridized carbons (Fsp3) is 0.625. The molecule has 0 radical (unpaired) electrons. The van der Waals surface area contributed by atoms with E-state index in [4.69, 9.17) is 0 Å². The van der Waals surface area contributed by atoms with Crippen LogP contribution in [0.5, 0.6) is 0 Å². The molecule has 0 spiro atoms. The fourth-order valence-corrected chi connectivity index (χ4v) is 2.81. The second-order valence-corrected chi connectivity index (χ2v) is 6.01. The molecule has 19 heavy (non-hydrogen) atoms. The van der Waals surface area contributed by atoms with Crippen molar-refractivity contribution in [3.8, 4) is 0 Å². The summed E-state index contributed by atoms with van der Waals surface area (Å²) in [5.74, 6) is 0.